The van der Waals surface area contributed by atoms with Crippen LogP contribution in [-0.2, 0) is 30.3 Å². The maximum absolute atomic E-state index is 11.8. The van der Waals surface area contributed by atoms with Gasteiger partial charge in [0.25, 0.3) is 0 Å². The van der Waals surface area contributed by atoms with Gasteiger partial charge in [-0.2, -0.15) is 0 Å². The van der Waals surface area contributed by atoms with Crippen LogP contribution in [0.1, 0.15) is 42.6 Å². The first-order valence-corrected chi connectivity index (χ1v) is 11.1. The average Bonchev–Trinajstić information content (AvgIpc) is 3.07. The first-order chi connectivity index (χ1) is 14.9. The first kappa shape index (κ1) is 23.0. The van der Waals surface area contributed by atoms with E-state index in [-0.39, 0.29) is 41.9 Å². The molecule has 1 fully saturated rings. The third-order valence-electron chi connectivity index (χ3n) is 4.89. The van der Waals surface area contributed by atoms with E-state index in [1.165, 1.54) is 0 Å². The minimum absolute atomic E-state index is 0.00255. The fourth-order valence-corrected chi connectivity index (χ4v) is 4.21. The summed E-state index contributed by atoms with van der Waals surface area (Å²) in [5, 5.41) is -0.342. The van der Waals surface area contributed by atoms with Gasteiger partial charge in [-0.1, -0.05) is 60.6 Å². The molecular formula is C24H26O6S. The van der Waals surface area contributed by atoms with Crippen LogP contribution in [-0.4, -0.2) is 35.5 Å². The summed E-state index contributed by atoms with van der Waals surface area (Å²) < 4.78 is 16.7. The highest BCUT2D eigenvalue weighted by Crippen LogP contribution is 2.28. The average molecular weight is 443 g/mol. The lowest BCUT2D eigenvalue weighted by Gasteiger charge is -2.19. The van der Waals surface area contributed by atoms with Crippen LogP contribution in [0.5, 0.6) is 5.75 Å². The lowest BCUT2D eigenvalue weighted by atomic mass is 10.1. The molecule has 7 heteroatoms. The Labute approximate surface area is 186 Å². The number of carbonyl (C=O) groups is 3. The van der Waals surface area contributed by atoms with Crippen molar-refractivity contribution in [1.29, 1.82) is 0 Å². The molecule has 2 aromatic rings. The second kappa shape index (κ2) is 11.1. The summed E-state index contributed by atoms with van der Waals surface area (Å²) in [5.41, 5.74) is 3.01. The Morgan fingerprint density at radius 2 is 1.94 bits per heavy atom. The van der Waals surface area contributed by atoms with Gasteiger partial charge in [0, 0.05) is 6.42 Å². The third-order valence-corrected chi connectivity index (χ3v) is 6.01. The number of thioether (sulfide) groups is 1. The highest BCUT2D eigenvalue weighted by molar-refractivity contribution is 8.15. The SMILES string of the molecule is CCC(=O)OCOC(COc1ccc(CC2SC(=O)CC2=O)cc1)c1cccc(C)c1. The summed E-state index contributed by atoms with van der Waals surface area (Å²) in [5.74, 6) is 0.342. The van der Waals surface area contributed by atoms with Crippen LogP contribution in [0.2, 0.25) is 0 Å². The van der Waals surface area contributed by atoms with E-state index in [0.29, 0.717) is 18.6 Å². The maximum atomic E-state index is 11.8. The van der Waals surface area contributed by atoms with Gasteiger partial charge in [0.2, 0.25) is 0 Å². The van der Waals surface area contributed by atoms with Gasteiger partial charge < -0.3 is 14.2 Å². The van der Waals surface area contributed by atoms with Gasteiger partial charge in [0.05, 0.1) is 11.7 Å². The lowest BCUT2D eigenvalue weighted by molar-refractivity contribution is -0.162. The highest BCUT2D eigenvalue weighted by atomic mass is 32.2. The molecule has 0 aromatic heterocycles. The molecular weight excluding hydrogens is 416 g/mol. The van der Waals surface area contributed by atoms with Gasteiger partial charge in [-0.3, -0.25) is 14.4 Å². The molecule has 164 valence electrons. The van der Waals surface area contributed by atoms with E-state index in [0.717, 1.165) is 28.5 Å². The number of carbonyl (C=O) groups excluding carboxylic acids is 3. The predicted molar refractivity (Wildman–Crippen MR) is 118 cm³/mol. The monoisotopic (exact) mass is 442 g/mol. The van der Waals surface area contributed by atoms with Crippen molar-refractivity contribution in [3.63, 3.8) is 0 Å². The van der Waals surface area contributed by atoms with Gasteiger partial charge in [0.1, 0.15) is 18.5 Å². The van der Waals surface area contributed by atoms with Gasteiger partial charge in [-0.05, 0) is 36.6 Å². The van der Waals surface area contributed by atoms with Crippen LogP contribution in [0.15, 0.2) is 48.5 Å². The summed E-state index contributed by atoms with van der Waals surface area (Å²) in [4.78, 5) is 34.6. The maximum Gasteiger partial charge on any atom is 0.307 e. The molecule has 2 unspecified atom stereocenters. The van der Waals surface area contributed by atoms with E-state index in [1.807, 2.05) is 55.5 Å². The number of hydrogen-bond donors (Lipinski definition) is 0. The molecule has 0 bridgehead atoms. The van der Waals surface area contributed by atoms with Crippen molar-refractivity contribution in [2.24, 2.45) is 0 Å². The van der Waals surface area contributed by atoms with Crippen LogP contribution >= 0.6 is 11.8 Å². The van der Waals surface area contributed by atoms with Crippen molar-refractivity contribution in [1.82, 2.24) is 0 Å². The van der Waals surface area contributed by atoms with Crippen molar-refractivity contribution >= 4 is 28.6 Å². The minimum Gasteiger partial charge on any atom is -0.491 e. The Morgan fingerprint density at radius 3 is 2.58 bits per heavy atom. The molecule has 0 aliphatic carbocycles. The van der Waals surface area contributed by atoms with E-state index in [2.05, 4.69) is 0 Å². The number of esters is 1. The van der Waals surface area contributed by atoms with E-state index in [9.17, 15) is 14.4 Å². The quantitative estimate of drug-likeness (QED) is 0.310. The van der Waals surface area contributed by atoms with Gasteiger partial charge in [-0.15, -0.1) is 0 Å². The molecule has 3 rings (SSSR count). The molecule has 0 radical (unpaired) electrons. The zero-order chi connectivity index (χ0) is 22.2. The molecule has 1 aliphatic rings. The van der Waals surface area contributed by atoms with E-state index in [1.54, 1.807) is 6.92 Å². The zero-order valence-corrected chi connectivity index (χ0v) is 18.5. The molecule has 31 heavy (non-hydrogen) atoms. The number of ketones is 1. The zero-order valence-electron chi connectivity index (χ0n) is 17.7. The van der Waals surface area contributed by atoms with E-state index < -0.39 is 6.10 Å². The summed E-state index contributed by atoms with van der Waals surface area (Å²) in [6.45, 7) is 3.84. The van der Waals surface area contributed by atoms with Crippen molar-refractivity contribution in [3.8, 4) is 5.75 Å². The summed E-state index contributed by atoms with van der Waals surface area (Å²) in [7, 11) is 0. The Bertz CT molecular complexity index is 924. The van der Waals surface area contributed by atoms with Crippen molar-refractivity contribution in [3.05, 3.63) is 65.2 Å². The second-order valence-electron chi connectivity index (χ2n) is 7.34. The second-order valence-corrected chi connectivity index (χ2v) is 8.60. The topological polar surface area (TPSA) is 78.9 Å². The van der Waals surface area contributed by atoms with Crippen LogP contribution in [0.4, 0.5) is 0 Å². The Hall–Kier alpha value is -2.64. The van der Waals surface area contributed by atoms with Gasteiger partial charge in [0.15, 0.2) is 17.7 Å². The Kier molecular flexibility index (Phi) is 8.26. The number of rotatable bonds is 10. The molecule has 1 saturated heterocycles. The molecule has 1 aliphatic heterocycles. The van der Waals surface area contributed by atoms with Crippen molar-refractivity contribution in [2.45, 2.75) is 44.5 Å². The van der Waals surface area contributed by atoms with E-state index >= 15 is 0 Å². The molecule has 0 spiro atoms. The molecule has 2 aromatic carbocycles. The van der Waals surface area contributed by atoms with Crippen LogP contribution < -0.4 is 4.74 Å². The molecule has 2 atom stereocenters. The highest BCUT2D eigenvalue weighted by Gasteiger charge is 2.31. The normalized spacial score (nSPS) is 16.9. The number of benzene rings is 2. The fourth-order valence-electron chi connectivity index (χ4n) is 3.18. The Balaban J connectivity index is 1.58. The van der Waals surface area contributed by atoms with Crippen molar-refractivity contribution < 1.29 is 28.6 Å². The van der Waals surface area contributed by atoms with Crippen LogP contribution in [0.25, 0.3) is 0 Å². The fraction of sp³-hybridized carbons (Fsp3) is 0.375. The number of hydrogen-bond acceptors (Lipinski definition) is 7. The predicted octanol–water partition coefficient (Wildman–Crippen LogP) is 4.19. The largest absolute Gasteiger partial charge is 0.491 e. The molecule has 0 amide bonds. The summed E-state index contributed by atoms with van der Waals surface area (Å²) in [6, 6.07) is 15.4. The molecule has 1 heterocycles. The van der Waals surface area contributed by atoms with Gasteiger partial charge >= 0.3 is 5.97 Å². The van der Waals surface area contributed by atoms with Crippen molar-refractivity contribution in [2.75, 3.05) is 13.4 Å². The van der Waals surface area contributed by atoms with Gasteiger partial charge in [-0.25, -0.2) is 0 Å². The third kappa shape index (κ3) is 6.94. The lowest BCUT2D eigenvalue weighted by Crippen LogP contribution is -2.17. The van der Waals surface area contributed by atoms with Crippen LogP contribution in [0.3, 0.4) is 0 Å². The smallest absolute Gasteiger partial charge is 0.307 e. The Morgan fingerprint density at radius 1 is 1.16 bits per heavy atom. The van der Waals surface area contributed by atoms with E-state index in [4.69, 9.17) is 14.2 Å². The first-order valence-electron chi connectivity index (χ1n) is 10.2. The number of aryl methyl sites for hydroxylation is 1. The number of ether oxygens (including phenoxy) is 3. The molecule has 6 nitrogen and oxygen atoms in total. The summed E-state index contributed by atoms with van der Waals surface area (Å²) >= 11 is 1.12. The number of Topliss-reactive ketones (excluding diaryl/α,β-unsaturated/α-hetero) is 1. The van der Waals surface area contributed by atoms with Crippen LogP contribution in [0, 0.1) is 6.92 Å². The summed E-state index contributed by atoms with van der Waals surface area (Å²) in [6.07, 6.45) is 0.459. The molecule has 0 N–H and O–H groups in total. The minimum atomic E-state index is -0.400. The standard InChI is InChI=1S/C24H26O6S/c1-3-23(26)30-15-29-21(18-6-4-5-16(2)11-18)14-28-19-9-7-17(8-10-19)12-22-20(25)13-24(27)31-22/h4-11,21-22H,3,12-15H2,1-2H3. The molecule has 0 saturated carbocycles.